The third-order valence-electron chi connectivity index (χ3n) is 3.96. The number of aryl methyl sites for hydroxylation is 1. The van der Waals surface area contributed by atoms with Crippen LogP contribution < -0.4 is 11.1 Å². The number of nitrogens with two attached hydrogens (primary N) is 1. The van der Waals surface area contributed by atoms with Crippen molar-refractivity contribution in [2.45, 2.75) is 27.3 Å². The molecule has 8 nitrogen and oxygen atoms in total. The maximum atomic E-state index is 11.7. The lowest BCUT2D eigenvalue weighted by molar-refractivity contribution is -0.118. The fraction of sp³-hybridized carbons (Fsp3) is 0.294. The zero-order valence-electron chi connectivity index (χ0n) is 14.7. The number of amides is 2. The average molecular weight is 373 g/mol. The molecule has 0 aliphatic carbocycles. The first-order valence-corrected chi connectivity index (χ1v) is 8.88. The van der Waals surface area contributed by atoms with Crippen molar-refractivity contribution in [3.05, 3.63) is 34.5 Å². The van der Waals surface area contributed by atoms with E-state index < -0.39 is 5.91 Å². The third-order valence-corrected chi connectivity index (χ3v) is 4.82. The number of rotatable bonds is 6. The molecule has 0 radical (unpaired) electrons. The number of hydrogen-bond acceptors (Lipinski definition) is 6. The van der Waals surface area contributed by atoms with Gasteiger partial charge >= 0.3 is 0 Å². The van der Waals surface area contributed by atoms with E-state index in [0.717, 1.165) is 16.4 Å². The molecule has 0 unspecified atom stereocenters. The largest absolute Gasteiger partial charge is 0.366 e. The highest BCUT2D eigenvalue weighted by Crippen LogP contribution is 2.31. The van der Waals surface area contributed by atoms with E-state index in [1.807, 2.05) is 29.9 Å². The normalized spacial score (nSPS) is 10.9. The third kappa shape index (κ3) is 3.52. The Morgan fingerprint density at radius 1 is 1.31 bits per heavy atom. The lowest BCUT2D eigenvalue weighted by atomic mass is 10.2. The first-order chi connectivity index (χ1) is 12.4. The van der Waals surface area contributed by atoms with Crippen molar-refractivity contribution in [2.24, 2.45) is 5.73 Å². The quantitative estimate of drug-likeness (QED) is 0.686. The molecule has 0 aliphatic heterocycles. The van der Waals surface area contributed by atoms with Crippen LogP contribution in [0.2, 0.25) is 0 Å². The van der Waals surface area contributed by atoms with Gasteiger partial charge in [0.15, 0.2) is 0 Å². The van der Waals surface area contributed by atoms with Crippen molar-refractivity contribution in [1.82, 2.24) is 20.0 Å². The fourth-order valence-corrected chi connectivity index (χ4v) is 3.48. The second-order valence-electron chi connectivity index (χ2n) is 5.89. The summed E-state index contributed by atoms with van der Waals surface area (Å²) in [6.45, 7) is 6.05. The zero-order valence-corrected chi connectivity index (χ0v) is 15.5. The SMILES string of the molecule is CC(=O)NCCn1c(-c2csc(-c3cc(C)on3)n2)cc(C(N)=O)c1C. The van der Waals surface area contributed by atoms with Gasteiger partial charge in [-0.25, -0.2) is 4.98 Å². The Morgan fingerprint density at radius 3 is 2.69 bits per heavy atom. The Kier molecular flexibility index (Phi) is 4.90. The number of carbonyl (C=O) groups excluding carboxylic acids is 2. The fourth-order valence-electron chi connectivity index (χ4n) is 2.71. The minimum atomic E-state index is -0.496. The summed E-state index contributed by atoms with van der Waals surface area (Å²) in [5, 5.41) is 9.36. The summed E-state index contributed by atoms with van der Waals surface area (Å²) >= 11 is 1.44. The zero-order chi connectivity index (χ0) is 18.8. The van der Waals surface area contributed by atoms with Crippen LogP contribution in [0.25, 0.3) is 22.1 Å². The molecule has 0 saturated carbocycles. The molecule has 0 aliphatic rings. The Morgan fingerprint density at radius 2 is 2.08 bits per heavy atom. The van der Waals surface area contributed by atoms with Crippen LogP contribution >= 0.6 is 11.3 Å². The van der Waals surface area contributed by atoms with Gasteiger partial charge in [-0.2, -0.15) is 0 Å². The van der Waals surface area contributed by atoms with Gasteiger partial charge in [-0.3, -0.25) is 9.59 Å². The Balaban J connectivity index is 1.98. The molecule has 0 saturated heterocycles. The first-order valence-electron chi connectivity index (χ1n) is 8.00. The number of nitrogens with zero attached hydrogens (tertiary/aromatic N) is 3. The summed E-state index contributed by atoms with van der Waals surface area (Å²) in [6, 6.07) is 3.55. The van der Waals surface area contributed by atoms with Crippen LogP contribution in [0, 0.1) is 13.8 Å². The van der Waals surface area contributed by atoms with E-state index in [-0.39, 0.29) is 5.91 Å². The topological polar surface area (TPSA) is 116 Å². The van der Waals surface area contributed by atoms with Crippen LogP contribution in [-0.2, 0) is 11.3 Å². The van der Waals surface area contributed by atoms with Crippen LogP contribution in [0.4, 0.5) is 0 Å². The van der Waals surface area contributed by atoms with Crippen LogP contribution in [0.15, 0.2) is 22.0 Å². The molecule has 0 aromatic carbocycles. The lowest BCUT2D eigenvalue weighted by Crippen LogP contribution is -2.25. The maximum absolute atomic E-state index is 11.7. The molecular weight excluding hydrogens is 354 g/mol. The molecule has 2 amide bonds. The Bertz CT molecular complexity index is 969. The highest BCUT2D eigenvalue weighted by atomic mass is 32.1. The van der Waals surface area contributed by atoms with Gasteiger partial charge in [-0.1, -0.05) is 5.16 Å². The molecule has 3 rings (SSSR count). The van der Waals surface area contributed by atoms with Crippen molar-refractivity contribution in [2.75, 3.05) is 6.54 Å². The number of carbonyl (C=O) groups is 2. The standard InChI is InChI=1S/C17H19N5O3S/c1-9-6-13(21-25-9)17-20-14(8-26-17)15-7-12(16(18)24)10(2)22(15)5-4-19-11(3)23/h6-8H,4-5H2,1-3H3,(H2,18,24)(H,19,23). The van der Waals surface area contributed by atoms with Crippen LogP contribution in [0.1, 0.15) is 28.7 Å². The highest BCUT2D eigenvalue weighted by molar-refractivity contribution is 7.13. The predicted molar refractivity (Wildman–Crippen MR) is 97.7 cm³/mol. The highest BCUT2D eigenvalue weighted by Gasteiger charge is 2.19. The van der Waals surface area contributed by atoms with Gasteiger partial charge in [0.1, 0.15) is 16.5 Å². The van der Waals surface area contributed by atoms with Crippen molar-refractivity contribution in [3.8, 4) is 22.1 Å². The molecule has 3 N–H and O–H groups in total. The van der Waals surface area contributed by atoms with Crippen LogP contribution in [-0.4, -0.2) is 33.1 Å². The molecule has 3 heterocycles. The summed E-state index contributed by atoms with van der Waals surface area (Å²) in [5.41, 5.74) is 8.82. The van der Waals surface area contributed by atoms with Crippen molar-refractivity contribution < 1.29 is 14.1 Å². The van der Waals surface area contributed by atoms with E-state index in [0.29, 0.717) is 35.8 Å². The van der Waals surface area contributed by atoms with E-state index in [9.17, 15) is 9.59 Å². The van der Waals surface area contributed by atoms with Gasteiger partial charge in [-0.05, 0) is 19.9 Å². The molecule has 9 heteroatoms. The monoisotopic (exact) mass is 373 g/mol. The van der Waals surface area contributed by atoms with Gasteiger partial charge in [0.2, 0.25) is 5.91 Å². The molecule has 0 atom stereocenters. The van der Waals surface area contributed by atoms with Gasteiger partial charge < -0.3 is 20.1 Å². The molecular formula is C17H19N5O3S. The van der Waals surface area contributed by atoms with Gasteiger partial charge in [0, 0.05) is 37.2 Å². The molecule has 136 valence electrons. The van der Waals surface area contributed by atoms with Gasteiger partial charge in [-0.15, -0.1) is 11.3 Å². The minimum absolute atomic E-state index is 0.108. The van der Waals surface area contributed by atoms with Crippen LogP contribution in [0.3, 0.4) is 0 Å². The van der Waals surface area contributed by atoms with Crippen LogP contribution in [0.5, 0.6) is 0 Å². The summed E-state index contributed by atoms with van der Waals surface area (Å²) in [7, 11) is 0. The van der Waals surface area contributed by atoms with E-state index in [1.165, 1.54) is 18.3 Å². The van der Waals surface area contributed by atoms with Crippen molar-refractivity contribution >= 4 is 23.2 Å². The summed E-state index contributed by atoms with van der Waals surface area (Å²) in [4.78, 5) is 27.5. The smallest absolute Gasteiger partial charge is 0.250 e. The lowest BCUT2D eigenvalue weighted by Gasteiger charge is -2.11. The average Bonchev–Trinajstić information content (AvgIpc) is 3.26. The van der Waals surface area contributed by atoms with E-state index in [1.54, 1.807) is 6.07 Å². The second-order valence-corrected chi connectivity index (χ2v) is 6.75. The van der Waals surface area contributed by atoms with Gasteiger partial charge in [0.05, 0.1) is 17.0 Å². The number of thiazole rings is 1. The molecule has 3 aromatic rings. The number of nitrogens with one attached hydrogen (secondary N) is 1. The van der Waals surface area contributed by atoms with E-state index in [2.05, 4.69) is 15.5 Å². The Labute approximate surface area is 154 Å². The summed E-state index contributed by atoms with van der Waals surface area (Å²) in [6.07, 6.45) is 0. The molecule has 26 heavy (non-hydrogen) atoms. The van der Waals surface area contributed by atoms with E-state index in [4.69, 9.17) is 10.3 Å². The maximum Gasteiger partial charge on any atom is 0.250 e. The first kappa shape index (κ1) is 17.9. The summed E-state index contributed by atoms with van der Waals surface area (Å²) < 4.78 is 7.03. The second kappa shape index (κ2) is 7.12. The van der Waals surface area contributed by atoms with Crippen molar-refractivity contribution in [3.63, 3.8) is 0 Å². The van der Waals surface area contributed by atoms with E-state index >= 15 is 0 Å². The summed E-state index contributed by atoms with van der Waals surface area (Å²) in [5.74, 6) is 0.107. The predicted octanol–water partition coefficient (Wildman–Crippen LogP) is 2.12. The number of aromatic nitrogens is 3. The van der Waals surface area contributed by atoms with Gasteiger partial charge in [0.25, 0.3) is 5.91 Å². The molecule has 0 bridgehead atoms. The molecule has 3 aromatic heterocycles. The van der Waals surface area contributed by atoms with Crippen molar-refractivity contribution in [1.29, 1.82) is 0 Å². The number of primary amides is 1. The minimum Gasteiger partial charge on any atom is -0.366 e. The number of hydrogen-bond donors (Lipinski definition) is 2. The molecule has 0 fully saturated rings. The molecule has 0 spiro atoms. The Hall–Kier alpha value is -2.94.